The van der Waals surface area contributed by atoms with Crippen molar-refractivity contribution >= 4 is 21.3 Å². The van der Waals surface area contributed by atoms with Gasteiger partial charge in [-0.25, -0.2) is 17.9 Å². The van der Waals surface area contributed by atoms with Gasteiger partial charge in [-0.1, -0.05) is 0 Å². The largest absolute Gasteiger partial charge is 0.354 e. The maximum Gasteiger partial charge on any atom is 0.157 e. The minimum Gasteiger partial charge on any atom is -0.354 e. The molecule has 1 fully saturated rings. The molecule has 0 aromatic carbocycles. The van der Waals surface area contributed by atoms with Crippen LogP contribution >= 0.6 is 0 Å². The smallest absolute Gasteiger partial charge is 0.157 e. The Labute approximate surface area is 98.8 Å². The number of fused-ring (bicyclic) bond motifs is 1. The number of rotatable bonds is 1. The second-order valence-electron chi connectivity index (χ2n) is 4.06. The highest BCUT2D eigenvalue weighted by Gasteiger charge is 2.22. The third-order valence-corrected chi connectivity index (χ3v) is 4.52. The first-order valence-electron chi connectivity index (χ1n) is 5.40. The molecule has 3 heterocycles. The Kier molecular flexibility index (Phi) is 2.29. The molecule has 6 nitrogen and oxygen atoms in total. The SMILES string of the molecule is O=S1(=O)CCN(c2ccn3nccc3n2)CC1. The van der Waals surface area contributed by atoms with E-state index in [0.29, 0.717) is 13.1 Å². The Morgan fingerprint density at radius 2 is 1.94 bits per heavy atom. The molecule has 2 aromatic rings. The maximum atomic E-state index is 11.3. The van der Waals surface area contributed by atoms with Crippen molar-refractivity contribution in [3.63, 3.8) is 0 Å². The van der Waals surface area contributed by atoms with E-state index in [0.717, 1.165) is 11.5 Å². The highest BCUT2D eigenvalue weighted by atomic mass is 32.2. The Balaban J connectivity index is 1.89. The molecule has 7 heteroatoms. The van der Waals surface area contributed by atoms with Gasteiger partial charge in [0.25, 0.3) is 0 Å². The van der Waals surface area contributed by atoms with Gasteiger partial charge in [-0.15, -0.1) is 0 Å². The Morgan fingerprint density at radius 3 is 2.71 bits per heavy atom. The normalized spacial score (nSPS) is 19.6. The maximum absolute atomic E-state index is 11.3. The molecule has 3 rings (SSSR count). The molecule has 0 amide bonds. The molecule has 2 aromatic heterocycles. The van der Waals surface area contributed by atoms with Crippen LogP contribution in [0.2, 0.25) is 0 Å². The number of sulfone groups is 1. The summed E-state index contributed by atoms with van der Waals surface area (Å²) in [7, 11) is -2.84. The summed E-state index contributed by atoms with van der Waals surface area (Å²) < 4.78 is 24.4. The zero-order chi connectivity index (χ0) is 11.9. The average Bonchev–Trinajstić information content (AvgIpc) is 2.76. The second-order valence-corrected chi connectivity index (χ2v) is 6.36. The molecule has 0 unspecified atom stereocenters. The Bertz CT molecular complexity index is 635. The molecule has 17 heavy (non-hydrogen) atoms. The summed E-state index contributed by atoms with van der Waals surface area (Å²) in [5.74, 6) is 1.23. The lowest BCUT2D eigenvalue weighted by Crippen LogP contribution is -2.40. The molecule has 0 bridgehead atoms. The van der Waals surface area contributed by atoms with Gasteiger partial charge in [0, 0.05) is 25.4 Å². The van der Waals surface area contributed by atoms with Gasteiger partial charge in [0.05, 0.1) is 17.7 Å². The molecule has 0 radical (unpaired) electrons. The van der Waals surface area contributed by atoms with E-state index in [1.54, 1.807) is 10.7 Å². The van der Waals surface area contributed by atoms with E-state index in [1.165, 1.54) is 0 Å². The average molecular weight is 252 g/mol. The van der Waals surface area contributed by atoms with E-state index in [2.05, 4.69) is 10.1 Å². The van der Waals surface area contributed by atoms with E-state index in [4.69, 9.17) is 0 Å². The fourth-order valence-electron chi connectivity index (χ4n) is 1.92. The summed E-state index contributed by atoms with van der Waals surface area (Å²) in [6, 6.07) is 3.68. The lowest BCUT2D eigenvalue weighted by atomic mass is 10.4. The summed E-state index contributed by atoms with van der Waals surface area (Å²) in [6.45, 7) is 1.03. The van der Waals surface area contributed by atoms with E-state index >= 15 is 0 Å². The van der Waals surface area contributed by atoms with Crippen LogP contribution in [0.1, 0.15) is 0 Å². The quantitative estimate of drug-likeness (QED) is 0.712. The van der Waals surface area contributed by atoms with Crippen molar-refractivity contribution in [3.05, 3.63) is 24.5 Å². The highest BCUT2D eigenvalue weighted by molar-refractivity contribution is 7.91. The molecule has 1 aliphatic rings. The molecule has 0 atom stereocenters. The topological polar surface area (TPSA) is 67.6 Å². The van der Waals surface area contributed by atoms with Gasteiger partial charge >= 0.3 is 0 Å². The first kappa shape index (κ1) is 10.5. The van der Waals surface area contributed by atoms with Crippen molar-refractivity contribution in [2.45, 2.75) is 0 Å². The Morgan fingerprint density at radius 1 is 1.18 bits per heavy atom. The summed E-state index contributed by atoms with van der Waals surface area (Å²) in [5.41, 5.74) is 0.774. The van der Waals surface area contributed by atoms with Crippen LogP contribution < -0.4 is 4.90 Å². The van der Waals surface area contributed by atoms with Gasteiger partial charge in [-0.05, 0) is 6.07 Å². The third-order valence-electron chi connectivity index (χ3n) is 2.91. The molecular weight excluding hydrogens is 240 g/mol. The van der Waals surface area contributed by atoms with E-state index in [1.807, 2.05) is 23.2 Å². The van der Waals surface area contributed by atoms with E-state index in [9.17, 15) is 8.42 Å². The summed E-state index contributed by atoms with van der Waals surface area (Å²) in [5, 5.41) is 4.07. The standard InChI is InChI=1S/C10H12N4O2S/c15-17(16)7-5-13(6-8-17)9-2-4-14-10(12-9)1-3-11-14/h1-4H,5-8H2. The number of hydrogen-bond acceptors (Lipinski definition) is 5. The van der Waals surface area contributed by atoms with Crippen LogP contribution in [-0.2, 0) is 9.84 Å². The predicted octanol–water partition coefficient (Wildman–Crippen LogP) is -0.0359. The van der Waals surface area contributed by atoms with Crippen LogP contribution in [-0.4, -0.2) is 47.6 Å². The minimum absolute atomic E-state index is 0.207. The monoisotopic (exact) mass is 252 g/mol. The van der Waals surface area contributed by atoms with Crippen molar-refractivity contribution in [2.75, 3.05) is 29.5 Å². The zero-order valence-corrected chi connectivity index (χ0v) is 9.97. The van der Waals surface area contributed by atoms with Gasteiger partial charge in [0.1, 0.15) is 5.82 Å². The van der Waals surface area contributed by atoms with Crippen LogP contribution in [0.3, 0.4) is 0 Å². The molecule has 90 valence electrons. The van der Waals surface area contributed by atoms with Crippen LogP contribution in [0.4, 0.5) is 5.82 Å². The summed E-state index contributed by atoms with van der Waals surface area (Å²) in [4.78, 5) is 6.43. The molecule has 0 N–H and O–H groups in total. The third kappa shape index (κ3) is 1.97. The van der Waals surface area contributed by atoms with Crippen LogP contribution in [0.5, 0.6) is 0 Å². The molecule has 0 aliphatic carbocycles. The van der Waals surface area contributed by atoms with Crippen LogP contribution in [0, 0.1) is 0 Å². The van der Waals surface area contributed by atoms with Crippen molar-refractivity contribution in [1.82, 2.24) is 14.6 Å². The van der Waals surface area contributed by atoms with E-state index in [-0.39, 0.29) is 11.5 Å². The minimum atomic E-state index is -2.84. The number of anilines is 1. The number of hydrogen-bond donors (Lipinski definition) is 0. The lowest BCUT2D eigenvalue weighted by Gasteiger charge is -2.27. The van der Waals surface area contributed by atoms with Crippen molar-refractivity contribution < 1.29 is 8.42 Å². The first-order valence-corrected chi connectivity index (χ1v) is 7.22. The second kappa shape index (κ2) is 3.69. The Hall–Kier alpha value is -1.63. The first-order chi connectivity index (χ1) is 8.14. The lowest BCUT2D eigenvalue weighted by molar-refractivity contribution is 0.586. The van der Waals surface area contributed by atoms with Gasteiger partial charge in [0.2, 0.25) is 0 Å². The number of aromatic nitrogens is 3. The molecule has 1 aliphatic heterocycles. The van der Waals surface area contributed by atoms with Crippen molar-refractivity contribution in [3.8, 4) is 0 Å². The molecule has 1 saturated heterocycles. The molecule has 0 spiro atoms. The predicted molar refractivity (Wildman–Crippen MR) is 63.9 cm³/mol. The molecule has 0 saturated carbocycles. The summed E-state index contributed by atoms with van der Waals surface area (Å²) >= 11 is 0. The van der Waals surface area contributed by atoms with Gasteiger partial charge in [0.15, 0.2) is 15.5 Å². The van der Waals surface area contributed by atoms with Gasteiger partial charge in [-0.3, -0.25) is 0 Å². The van der Waals surface area contributed by atoms with E-state index < -0.39 is 9.84 Å². The van der Waals surface area contributed by atoms with Crippen LogP contribution in [0.25, 0.3) is 5.65 Å². The zero-order valence-electron chi connectivity index (χ0n) is 9.15. The van der Waals surface area contributed by atoms with Crippen molar-refractivity contribution in [1.29, 1.82) is 0 Å². The van der Waals surface area contributed by atoms with Gasteiger partial charge in [-0.2, -0.15) is 5.10 Å². The van der Waals surface area contributed by atoms with Crippen LogP contribution in [0.15, 0.2) is 24.5 Å². The van der Waals surface area contributed by atoms with Crippen molar-refractivity contribution in [2.24, 2.45) is 0 Å². The highest BCUT2D eigenvalue weighted by Crippen LogP contribution is 2.15. The number of nitrogens with zero attached hydrogens (tertiary/aromatic N) is 4. The fraction of sp³-hybridized carbons (Fsp3) is 0.400. The summed E-state index contributed by atoms with van der Waals surface area (Å²) in [6.07, 6.45) is 3.52. The van der Waals surface area contributed by atoms with Gasteiger partial charge < -0.3 is 4.90 Å². The molecular formula is C10H12N4O2S. The fourth-order valence-corrected chi connectivity index (χ4v) is 3.12.